The summed E-state index contributed by atoms with van der Waals surface area (Å²) >= 11 is 0. The van der Waals surface area contributed by atoms with Crippen LogP contribution in [0.15, 0.2) is 6.07 Å². The molecule has 2 rings (SSSR count). The number of ketones is 1. The van der Waals surface area contributed by atoms with E-state index in [0.717, 1.165) is 24.2 Å². The van der Waals surface area contributed by atoms with Gasteiger partial charge in [0.15, 0.2) is 5.78 Å². The van der Waals surface area contributed by atoms with Crippen LogP contribution in [-0.4, -0.2) is 10.4 Å². The molecular weight excluding hydrogens is 162 g/mol. The maximum absolute atomic E-state index is 11.4. The molecule has 0 saturated heterocycles. The molecule has 0 bridgehead atoms. The molecule has 0 radical (unpaired) electrons. The molecule has 0 saturated carbocycles. The fraction of sp³-hybridized carbons (Fsp3) is 0.545. The monoisotopic (exact) mass is 177 g/mol. The fourth-order valence-electron chi connectivity index (χ4n) is 2.26. The number of fused-ring (bicyclic) bond motifs is 1. The van der Waals surface area contributed by atoms with Crippen molar-refractivity contribution in [2.75, 3.05) is 0 Å². The Bertz CT molecular complexity index is 349. The van der Waals surface area contributed by atoms with E-state index in [2.05, 4.69) is 10.6 Å². The average molecular weight is 177 g/mol. The molecule has 1 aromatic rings. The molecule has 2 nitrogen and oxygen atoms in total. The molecule has 70 valence electrons. The van der Waals surface area contributed by atoms with Crippen LogP contribution in [0.5, 0.6) is 0 Å². The molecule has 13 heavy (non-hydrogen) atoms. The predicted octanol–water partition coefficient (Wildman–Crippen LogP) is 2.34. The maximum Gasteiger partial charge on any atom is 0.176 e. The minimum atomic E-state index is 0.200. The standard InChI is InChI=1S/C11H15NO/c1-8-7-10-5-3-4-6-12(10)11(8)9(2)13/h7H,3-6H2,1-2H3. The summed E-state index contributed by atoms with van der Waals surface area (Å²) in [7, 11) is 0. The van der Waals surface area contributed by atoms with Crippen molar-refractivity contribution in [3.8, 4) is 0 Å². The van der Waals surface area contributed by atoms with Gasteiger partial charge in [0.25, 0.3) is 0 Å². The van der Waals surface area contributed by atoms with Gasteiger partial charge < -0.3 is 4.57 Å². The van der Waals surface area contributed by atoms with Crippen molar-refractivity contribution in [3.63, 3.8) is 0 Å². The molecule has 0 N–H and O–H groups in total. The van der Waals surface area contributed by atoms with Crippen LogP contribution in [0.3, 0.4) is 0 Å². The van der Waals surface area contributed by atoms with E-state index >= 15 is 0 Å². The van der Waals surface area contributed by atoms with Crippen LogP contribution < -0.4 is 0 Å². The van der Waals surface area contributed by atoms with Gasteiger partial charge in [0.2, 0.25) is 0 Å². The second-order valence-corrected chi connectivity index (χ2v) is 3.83. The van der Waals surface area contributed by atoms with Crippen molar-refractivity contribution >= 4 is 5.78 Å². The fourth-order valence-corrected chi connectivity index (χ4v) is 2.26. The van der Waals surface area contributed by atoms with Crippen molar-refractivity contribution in [2.24, 2.45) is 0 Å². The number of Topliss-reactive ketones (excluding diaryl/α,β-unsaturated/α-hetero) is 1. The van der Waals surface area contributed by atoms with Gasteiger partial charge in [-0.15, -0.1) is 0 Å². The number of hydrogen-bond acceptors (Lipinski definition) is 1. The number of aryl methyl sites for hydroxylation is 2. The molecule has 2 heteroatoms. The van der Waals surface area contributed by atoms with E-state index in [1.54, 1.807) is 6.92 Å². The van der Waals surface area contributed by atoms with E-state index in [9.17, 15) is 4.79 Å². The van der Waals surface area contributed by atoms with Crippen molar-refractivity contribution in [1.82, 2.24) is 4.57 Å². The zero-order valence-corrected chi connectivity index (χ0v) is 8.26. The third-order valence-electron chi connectivity index (χ3n) is 2.77. The maximum atomic E-state index is 11.4. The van der Waals surface area contributed by atoms with Gasteiger partial charge in [-0.1, -0.05) is 0 Å². The lowest BCUT2D eigenvalue weighted by Crippen LogP contribution is -2.14. The number of carbonyl (C=O) groups is 1. The topological polar surface area (TPSA) is 22.0 Å². The molecule has 1 aliphatic rings. The van der Waals surface area contributed by atoms with Gasteiger partial charge in [0, 0.05) is 19.2 Å². The smallest absolute Gasteiger partial charge is 0.176 e. The molecule has 2 heterocycles. The lowest BCUT2D eigenvalue weighted by atomic mass is 10.1. The Balaban J connectivity index is 2.54. The zero-order valence-electron chi connectivity index (χ0n) is 8.26. The lowest BCUT2D eigenvalue weighted by molar-refractivity contribution is 0.100. The minimum Gasteiger partial charge on any atom is -0.342 e. The van der Waals surface area contributed by atoms with Crippen LogP contribution in [0.25, 0.3) is 0 Å². The Labute approximate surface area is 78.6 Å². The largest absolute Gasteiger partial charge is 0.342 e. The highest BCUT2D eigenvalue weighted by Crippen LogP contribution is 2.22. The van der Waals surface area contributed by atoms with Gasteiger partial charge in [-0.05, 0) is 37.8 Å². The molecule has 0 aliphatic carbocycles. The summed E-state index contributed by atoms with van der Waals surface area (Å²) in [4.78, 5) is 11.4. The van der Waals surface area contributed by atoms with Gasteiger partial charge in [-0.3, -0.25) is 4.79 Å². The number of carbonyl (C=O) groups excluding carboxylic acids is 1. The van der Waals surface area contributed by atoms with Crippen LogP contribution in [0.4, 0.5) is 0 Å². The van der Waals surface area contributed by atoms with Crippen molar-refractivity contribution in [3.05, 3.63) is 23.0 Å². The molecule has 0 atom stereocenters. The first-order chi connectivity index (χ1) is 6.20. The second kappa shape index (κ2) is 3.02. The number of hydrogen-bond donors (Lipinski definition) is 0. The first-order valence-corrected chi connectivity index (χ1v) is 4.90. The summed E-state index contributed by atoms with van der Waals surface area (Å²) in [6.45, 7) is 4.71. The lowest BCUT2D eigenvalue weighted by Gasteiger charge is -2.16. The molecular formula is C11H15NO. The van der Waals surface area contributed by atoms with Gasteiger partial charge in [0.1, 0.15) is 0 Å². The van der Waals surface area contributed by atoms with E-state index in [0.29, 0.717) is 0 Å². The SMILES string of the molecule is CC(=O)c1c(C)cc2n1CCCC2. The third kappa shape index (κ3) is 1.30. The molecule has 0 spiro atoms. The highest BCUT2D eigenvalue weighted by molar-refractivity contribution is 5.94. The Kier molecular flexibility index (Phi) is 1.98. The molecule has 1 aromatic heterocycles. The molecule has 0 amide bonds. The van der Waals surface area contributed by atoms with E-state index in [1.165, 1.54) is 18.5 Å². The third-order valence-corrected chi connectivity index (χ3v) is 2.77. The summed E-state index contributed by atoms with van der Waals surface area (Å²) in [6, 6.07) is 2.16. The average Bonchev–Trinajstić information content (AvgIpc) is 2.39. The predicted molar refractivity (Wildman–Crippen MR) is 52.1 cm³/mol. The number of nitrogens with zero attached hydrogens (tertiary/aromatic N) is 1. The van der Waals surface area contributed by atoms with E-state index in [1.807, 2.05) is 6.92 Å². The summed E-state index contributed by atoms with van der Waals surface area (Å²) in [6.07, 6.45) is 3.61. The first kappa shape index (κ1) is 8.54. The zero-order chi connectivity index (χ0) is 9.42. The van der Waals surface area contributed by atoms with Gasteiger partial charge in [-0.2, -0.15) is 0 Å². The van der Waals surface area contributed by atoms with E-state index in [4.69, 9.17) is 0 Å². The highest BCUT2D eigenvalue weighted by Gasteiger charge is 2.17. The summed E-state index contributed by atoms with van der Waals surface area (Å²) in [5, 5.41) is 0. The van der Waals surface area contributed by atoms with Crippen molar-refractivity contribution < 1.29 is 4.79 Å². The van der Waals surface area contributed by atoms with Crippen LogP contribution >= 0.6 is 0 Å². The van der Waals surface area contributed by atoms with Crippen molar-refractivity contribution in [1.29, 1.82) is 0 Å². The Hall–Kier alpha value is -1.05. The molecule has 1 aliphatic heterocycles. The van der Waals surface area contributed by atoms with Crippen molar-refractivity contribution in [2.45, 2.75) is 39.7 Å². The molecule has 0 aromatic carbocycles. The first-order valence-electron chi connectivity index (χ1n) is 4.90. The van der Waals surface area contributed by atoms with E-state index in [-0.39, 0.29) is 5.78 Å². The number of aromatic nitrogens is 1. The quantitative estimate of drug-likeness (QED) is 0.603. The Morgan fingerprint density at radius 1 is 1.46 bits per heavy atom. The van der Waals surface area contributed by atoms with Gasteiger partial charge in [-0.25, -0.2) is 0 Å². The highest BCUT2D eigenvalue weighted by atomic mass is 16.1. The van der Waals surface area contributed by atoms with Crippen LogP contribution in [-0.2, 0) is 13.0 Å². The van der Waals surface area contributed by atoms with Crippen LogP contribution in [0.2, 0.25) is 0 Å². The van der Waals surface area contributed by atoms with E-state index < -0.39 is 0 Å². The normalized spacial score (nSPS) is 15.5. The summed E-state index contributed by atoms with van der Waals surface area (Å²) in [5.41, 5.74) is 3.41. The summed E-state index contributed by atoms with van der Waals surface area (Å²) in [5.74, 6) is 0.200. The second-order valence-electron chi connectivity index (χ2n) is 3.83. The van der Waals surface area contributed by atoms with Gasteiger partial charge in [0.05, 0.1) is 5.69 Å². The Morgan fingerprint density at radius 2 is 2.23 bits per heavy atom. The number of rotatable bonds is 1. The Morgan fingerprint density at radius 3 is 2.92 bits per heavy atom. The minimum absolute atomic E-state index is 0.200. The molecule has 0 unspecified atom stereocenters. The van der Waals surface area contributed by atoms with Crippen LogP contribution in [0, 0.1) is 6.92 Å². The van der Waals surface area contributed by atoms with Gasteiger partial charge >= 0.3 is 0 Å². The summed E-state index contributed by atoms with van der Waals surface area (Å²) < 4.78 is 2.20. The van der Waals surface area contributed by atoms with Crippen LogP contribution in [0.1, 0.15) is 41.5 Å². The molecule has 0 fully saturated rings.